The van der Waals surface area contributed by atoms with Crippen molar-refractivity contribution in [2.24, 2.45) is 5.73 Å². The second-order valence-electron chi connectivity index (χ2n) is 2.47. The molecule has 54 valence electrons. The van der Waals surface area contributed by atoms with Crippen LogP contribution in [0.25, 0.3) is 0 Å². The molecule has 1 saturated carbocycles. The van der Waals surface area contributed by atoms with Crippen molar-refractivity contribution < 1.29 is 8.42 Å². The number of rotatable bonds is 2. The fourth-order valence-electron chi connectivity index (χ4n) is 0.722. The normalized spacial score (nSPS) is 23.8. The average Bonchev–Trinajstić information content (AvgIpc) is 2.49. The third kappa shape index (κ3) is 0.966. The SMILES string of the molecule is CCS(=O)(=O)C1(N)CC1. The molecule has 0 bridgehead atoms. The second-order valence-corrected chi connectivity index (χ2v) is 5.09. The second kappa shape index (κ2) is 1.70. The summed E-state index contributed by atoms with van der Waals surface area (Å²) in [6.45, 7) is 1.63. The molecule has 1 rings (SSSR count). The lowest BCUT2D eigenvalue weighted by Gasteiger charge is -2.06. The van der Waals surface area contributed by atoms with E-state index < -0.39 is 14.7 Å². The molecular formula is C5H11NO2S. The first-order valence-electron chi connectivity index (χ1n) is 3.03. The minimum absolute atomic E-state index is 0.170. The Morgan fingerprint density at radius 3 is 2.11 bits per heavy atom. The van der Waals surface area contributed by atoms with E-state index >= 15 is 0 Å². The van der Waals surface area contributed by atoms with Crippen LogP contribution >= 0.6 is 0 Å². The standard InChI is InChI=1S/C5H11NO2S/c1-2-9(7,8)5(6)3-4-5/h2-4,6H2,1H3. The molecule has 1 fully saturated rings. The molecule has 0 aromatic carbocycles. The smallest absolute Gasteiger partial charge is 0.168 e. The molecular weight excluding hydrogens is 138 g/mol. The number of sulfone groups is 1. The van der Waals surface area contributed by atoms with E-state index in [9.17, 15) is 8.42 Å². The van der Waals surface area contributed by atoms with Gasteiger partial charge in [-0.05, 0) is 12.8 Å². The Morgan fingerprint density at radius 1 is 1.56 bits per heavy atom. The molecule has 2 N–H and O–H groups in total. The van der Waals surface area contributed by atoms with Crippen molar-refractivity contribution in [3.63, 3.8) is 0 Å². The van der Waals surface area contributed by atoms with E-state index in [1.165, 1.54) is 0 Å². The summed E-state index contributed by atoms with van der Waals surface area (Å²) >= 11 is 0. The fourth-order valence-corrected chi connectivity index (χ4v) is 2.02. The predicted molar refractivity (Wildman–Crippen MR) is 35.6 cm³/mol. The number of hydrogen-bond acceptors (Lipinski definition) is 3. The van der Waals surface area contributed by atoms with Crippen LogP contribution in [0.15, 0.2) is 0 Å². The van der Waals surface area contributed by atoms with Crippen molar-refractivity contribution in [1.29, 1.82) is 0 Å². The highest BCUT2D eigenvalue weighted by Gasteiger charge is 2.49. The molecule has 9 heavy (non-hydrogen) atoms. The van der Waals surface area contributed by atoms with E-state index in [0.717, 1.165) is 0 Å². The van der Waals surface area contributed by atoms with Crippen molar-refractivity contribution in [2.45, 2.75) is 24.6 Å². The molecule has 4 heteroatoms. The summed E-state index contributed by atoms with van der Waals surface area (Å²) in [5.41, 5.74) is 5.45. The van der Waals surface area contributed by atoms with Crippen LogP contribution in [0.1, 0.15) is 19.8 Å². The zero-order valence-electron chi connectivity index (χ0n) is 5.42. The molecule has 0 atom stereocenters. The van der Waals surface area contributed by atoms with Gasteiger partial charge in [-0.25, -0.2) is 8.42 Å². The lowest BCUT2D eigenvalue weighted by Crippen LogP contribution is -2.33. The van der Waals surface area contributed by atoms with Crippen LogP contribution in [0, 0.1) is 0 Å². The first-order chi connectivity index (χ1) is 4.02. The maximum atomic E-state index is 11.0. The summed E-state index contributed by atoms with van der Waals surface area (Å²) in [7, 11) is -2.95. The van der Waals surface area contributed by atoms with Crippen LogP contribution in [0.4, 0.5) is 0 Å². The van der Waals surface area contributed by atoms with Crippen molar-refractivity contribution in [3.8, 4) is 0 Å². The fraction of sp³-hybridized carbons (Fsp3) is 1.00. The van der Waals surface area contributed by atoms with Gasteiger partial charge >= 0.3 is 0 Å². The van der Waals surface area contributed by atoms with Crippen LogP contribution in [0.3, 0.4) is 0 Å². The summed E-state index contributed by atoms with van der Waals surface area (Å²) in [6, 6.07) is 0. The Balaban J connectivity index is 2.84. The van der Waals surface area contributed by atoms with Crippen LogP contribution in [0.5, 0.6) is 0 Å². The first kappa shape index (κ1) is 7.02. The average molecular weight is 149 g/mol. The molecule has 3 nitrogen and oxygen atoms in total. The van der Waals surface area contributed by atoms with E-state index in [1.54, 1.807) is 6.92 Å². The Morgan fingerprint density at radius 2 is 2.00 bits per heavy atom. The van der Waals surface area contributed by atoms with Gasteiger partial charge in [-0.2, -0.15) is 0 Å². The molecule has 0 aromatic heterocycles. The van der Waals surface area contributed by atoms with E-state index in [4.69, 9.17) is 5.73 Å². The van der Waals surface area contributed by atoms with E-state index in [1.807, 2.05) is 0 Å². The Hall–Kier alpha value is -0.0900. The molecule has 1 aliphatic rings. The van der Waals surface area contributed by atoms with Crippen LogP contribution in [-0.2, 0) is 9.84 Å². The third-order valence-corrected chi connectivity index (χ3v) is 4.15. The van der Waals surface area contributed by atoms with Gasteiger partial charge in [-0.15, -0.1) is 0 Å². The minimum atomic E-state index is -2.95. The van der Waals surface area contributed by atoms with Gasteiger partial charge in [0.25, 0.3) is 0 Å². The summed E-state index contributed by atoms with van der Waals surface area (Å²) in [5, 5.41) is 0. The first-order valence-corrected chi connectivity index (χ1v) is 4.68. The van der Waals surface area contributed by atoms with E-state index in [2.05, 4.69) is 0 Å². The molecule has 0 aliphatic heterocycles. The highest BCUT2D eigenvalue weighted by Crippen LogP contribution is 2.37. The molecule has 0 unspecified atom stereocenters. The van der Waals surface area contributed by atoms with Gasteiger partial charge in [-0.1, -0.05) is 6.92 Å². The zero-order valence-corrected chi connectivity index (χ0v) is 6.24. The Bertz CT molecular complexity index is 203. The van der Waals surface area contributed by atoms with Gasteiger partial charge in [0, 0.05) is 5.75 Å². The maximum absolute atomic E-state index is 11.0. The summed E-state index contributed by atoms with van der Waals surface area (Å²) < 4.78 is 21.9. The molecule has 0 aromatic rings. The lowest BCUT2D eigenvalue weighted by atomic mass is 10.8. The summed E-state index contributed by atoms with van der Waals surface area (Å²) in [4.78, 5) is -0.832. The Kier molecular flexibility index (Phi) is 1.33. The zero-order chi connectivity index (χ0) is 7.12. The van der Waals surface area contributed by atoms with Gasteiger partial charge in [-0.3, -0.25) is 0 Å². The molecule has 0 heterocycles. The van der Waals surface area contributed by atoms with Gasteiger partial charge in [0.2, 0.25) is 0 Å². The largest absolute Gasteiger partial charge is 0.313 e. The third-order valence-electron chi connectivity index (χ3n) is 1.74. The number of nitrogens with two attached hydrogens (primary N) is 1. The summed E-state index contributed by atoms with van der Waals surface area (Å²) in [6.07, 6.45) is 1.28. The van der Waals surface area contributed by atoms with Crippen molar-refractivity contribution in [1.82, 2.24) is 0 Å². The van der Waals surface area contributed by atoms with Gasteiger partial charge in [0.15, 0.2) is 9.84 Å². The highest BCUT2D eigenvalue weighted by molar-refractivity contribution is 7.93. The van der Waals surface area contributed by atoms with Gasteiger partial charge in [0.05, 0.1) is 0 Å². The maximum Gasteiger partial charge on any atom is 0.168 e. The van der Waals surface area contributed by atoms with Crippen molar-refractivity contribution in [2.75, 3.05) is 5.75 Å². The predicted octanol–water partition coefficient (Wildman–Crippen LogP) is -0.130. The van der Waals surface area contributed by atoms with Gasteiger partial charge in [0.1, 0.15) is 4.87 Å². The van der Waals surface area contributed by atoms with Crippen molar-refractivity contribution >= 4 is 9.84 Å². The monoisotopic (exact) mass is 149 g/mol. The minimum Gasteiger partial charge on any atom is -0.313 e. The lowest BCUT2D eigenvalue weighted by molar-refractivity contribution is 0.580. The highest BCUT2D eigenvalue weighted by atomic mass is 32.2. The molecule has 1 aliphatic carbocycles. The topological polar surface area (TPSA) is 60.2 Å². The number of hydrogen-bond donors (Lipinski definition) is 1. The van der Waals surface area contributed by atoms with Crippen LogP contribution in [-0.4, -0.2) is 19.0 Å². The van der Waals surface area contributed by atoms with Crippen molar-refractivity contribution in [3.05, 3.63) is 0 Å². The van der Waals surface area contributed by atoms with E-state index in [0.29, 0.717) is 12.8 Å². The van der Waals surface area contributed by atoms with Gasteiger partial charge < -0.3 is 5.73 Å². The van der Waals surface area contributed by atoms with Crippen LogP contribution in [0.2, 0.25) is 0 Å². The molecule has 0 amide bonds. The van der Waals surface area contributed by atoms with Crippen LogP contribution < -0.4 is 5.73 Å². The molecule has 0 spiro atoms. The molecule has 0 saturated heterocycles. The molecule has 0 radical (unpaired) electrons. The van der Waals surface area contributed by atoms with E-state index in [-0.39, 0.29) is 5.75 Å². The Labute approximate surface area is 55.2 Å². The summed E-state index contributed by atoms with van der Waals surface area (Å²) in [5.74, 6) is 0.170. The quantitative estimate of drug-likeness (QED) is 0.595.